The summed E-state index contributed by atoms with van der Waals surface area (Å²) >= 11 is 0. The molecule has 2 rings (SSSR count). The maximum atomic E-state index is 11.5. The maximum absolute atomic E-state index is 11.5. The highest BCUT2D eigenvalue weighted by molar-refractivity contribution is 6.21. The molecule has 0 aromatic rings. The Balaban J connectivity index is 2.01. The van der Waals surface area contributed by atoms with Crippen LogP contribution in [-0.2, 0) is 9.53 Å². The summed E-state index contributed by atoms with van der Waals surface area (Å²) in [6.07, 6.45) is 0.699. The van der Waals surface area contributed by atoms with Gasteiger partial charge in [0, 0.05) is 0 Å². The van der Waals surface area contributed by atoms with Crippen LogP contribution >= 0.6 is 0 Å². The van der Waals surface area contributed by atoms with Crippen LogP contribution in [0.2, 0.25) is 0 Å². The van der Waals surface area contributed by atoms with E-state index < -0.39 is 18.1 Å². The molecule has 1 unspecified atom stereocenters. The Labute approximate surface area is 102 Å². The second-order valence-corrected chi connectivity index (χ2v) is 3.70. The molecule has 4 N–H and O–H groups in total. The van der Waals surface area contributed by atoms with Crippen molar-refractivity contribution in [2.24, 2.45) is 20.7 Å². The third-order valence-corrected chi connectivity index (χ3v) is 2.44. The summed E-state index contributed by atoms with van der Waals surface area (Å²) < 4.78 is 5.21. The minimum absolute atomic E-state index is 0.00514. The molecule has 0 radical (unpaired) electrons. The van der Waals surface area contributed by atoms with E-state index in [1.165, 1.54) is 11.2 Å². The Morgan fingerprint density at radius 3 is 2.83 bits per heavy atom. The summed E-state index contributed by atoms with van der Waals surface area (Å²) in [6, 6.07) is -0.775. The third-order valence-electron chi connectivity index (χ3n) is 2.44. The number of carbonyl (C=O) groups is 1. The molecule has 98 valence electrons. The highest BCUT2D eigenvalue weighted by atomic mass is 16.5. The van der Waals surface area contributed by atoms with E-state index in [-0.39, 0.29) is 25.9 Å². The predicted molar refractivity (Wildman–Crippen MR) is 62.1 cm³/mol. The van der Waals surface area contributed by atoms with E-state index >= 15 is 0 Å². The lowest BCUT2D eigenvalue weighted by Crippen LogP contribution is -2.42. The number of amidine groups is 1. The first-order chi connectivity index (χ1) is 8.65. The number of hydrogen-bond donors (Lipinski definition) is 3. The topological polar surface area (TPSA) is 133 Å². The smallest absolute Gasteiger partial charge is 0.281 e. The fourth-order valence-corrected chi connectivity index (χ4v) is 1.49. The molecule has 0 fully saturated rings. The first-order valence-electron chi connectivity index (χ1n) is 5.25. The Morgan fingerprint density at radius 1 is 1.44 bits per heavy atom. The second-order valence-electron chi connectivity index (χ2n) is 3.70. The minimum Gasteiger partial charge on any atom is -0.394 e. The molecule has 0 saturated heterocycles. The normalized spacial score (nSPS) is 22.3. The average molecular weight is 255 g/mol. The first-order valence-corrected chi connectivity index (χ1v) is 5.25. The third kappa shape index (κ3) is 2.37. The number of guanidine groups is 1. The number of nitrogens with zero attached hydrogens (tertiary/aromatic N) is 4. The van der Waals surface area contributed by atoms with Gasteiger partial charge in [-0.25, -0.2) is 0 Å². The number of fused-ring (bicyclic) bond motifs is 1. The average Bonchev–Trinajstić information content (AvgIpc) is 2.74. The lowest BCUT2D eigenvalue weighted by molar-refractivity contribution is -0.117. The minimum atomic E-state index is -0.775. The molecule has 9 nitrogen and oxygen atoms in total. The largest absolute Gasteiger partial charge is 0.394 e. The van der Waals surface area contributed by atoms with Gasteiger partial charge in [-0.3, -0.25) is 14.7 Å². The summed E-state index contributed by atoms with van der Waals surface area (Å²) in [4.78, 5) is 24.3. The van der Waals surface area contributed by atoms with Crippen LogP contribution in [0.1, 0.15) is 0 Å². The SMILES string of the molecule is NC1=NC(=O)C2N=CN(COC(CO)CO)C2=N1. The van der Waals surface area contributed by atoms with Crippen LogP contribution in [0.4, 0.5) is 0 Å². The summed E-state index contributed by atoms with van der Waals surface area (Å²) in [5.41, 5.74) is 5.39. The summed E-state index contributed by atoms with van der Waals surface area (Å²) in [5.74, 6) is -0.262. The van der Waals surface area contributed by atoms with Gasteiger partial charge in [-0.05, 0) is 0 Å². The standard InChI is InChI=1S/C9H13N5O4/c10-9-12-7-6(8(17)13-9)11-3-14(7)4-18-5(1-15)2-16/h3,5-6,15-16H,1-2,4H2,(H2,10,13,17). The molecule has 0 aromatic carbocycles. The molecule has 0 aromatic heterocycles. The zero-order chi connectivity index (χ0) is 13.1. The molecule has 2 aliphatic heterocycles. The van der Waals surface area contributed by atoms with Crippen molar-refractivity contribution < 1.29 is 19.7 Å². The molecule has 18 heavy (non-hydrogen) atoms. The summed E-state index contributed by atoms with van der Waals surface area (Å²) in [5, 5.41) is 17.7. The van der Waals surface area contributed by atoms with Crippen LogP contribution in [0.3, 0.4) is 0 Å². The highest BCUT2D eigenvalue weighted by Crippen LogP contribution is 2.13. The lowest BCUT2D eigenvalue weighted by atomic mass is 10.2. The van der Waals surface area contributed by atoms with Crippen molar-refractivity contribution in [3.8, 4) is 0 Å². The van der Waals surface area contributed by atoms with Crippen molar-refractivity contribution >= 4 is 24.0 Å². The monoisotopic (exact) mass is 255 g/mol. The Hall–Kier alpha value is -1.84. The highest BCUT2D eigenvalue weighted by Gasteiger charge is 2.35. The van der Waals surface area contributed by atoms with Gasteiger partial charge in [0.25, 0.3) is 5.91 Å². The van der Waals surface area contributed by atoms with Gasteiger partial charge < -0.3 is 20.7 Å². The zero-order valence-corrected chi connectivity index (χ0v) is 9.43. The molecule has 2 aliphatic rings. The van der Waals surface area contributed by atoms with E-state index in [1.54, 1.807) is 0 Å². The number of ether oxygens (including phenoxy) is 1. The summed E-state index contributed by atoms with van der Waals surface area (Å²) in [7, 11) is 0. The number of amides is 1. The molecule has 1 amide bonds. The van der Waals surface area contributed by atoms with Gasteiger partial charge in [0.2, 0.25) is 5.96 Å². The Morgan fingerprint density at radius 2 is 2.17 bits per heavy atom. The zero-order valence-electron chi connectivity index (χ0n) is 9.43. The molecule has 0 saturated carbocycles. The van der Waals surface area contributed by atoms with Crippen molar-refractivity contribution in [3.63, 3.8) is 0 Å². The van der Waals surface area contributed by atoms with E-state index in [0.717, 1.165) is 0 Å². The molecule has 2 heterocycles. The van der Waals surface area contributed by atoms with Crippen molar-refractivity contribution in [2.75, 3.05) is 19.9 Å². The van der Waals surface area contributed by atoms with E-state index in [9.17, 15) is 4.79 Å². The molecular formula is C9H13N5O4. The van der Waals surface area contributed by atoms with Gasteiger partial charge in [-0.2, -0.15) is 9.98 Å². The number of aliphatic hydroxyl groups excluding tert-OH is 2. The van der Waals surface area contributed by atoms with Crippen molar-refractivity contribution in [1.82, 2.24) is 4.90 Å². The maximum Gasteiger partial charge on any atom is 0.281 e. The van der Waals surface area contributed by atoms with Crippen LogP contribution in [0.25, 0.3) is 0 Å². The van der Waals surface area contributed by atoms with Crippen LogP contribution in [0.15, 0.2) is 15.0 Å². The van der Waals surface area contributed by atoms with Crippen LogP contribution in [-0.4, -0.2) is 71.2 Å². The Bertz CT molecular complexity index is 429. The number of rotatable bonds is 5. The number of carbonyl (C=O) groups excluding carboxylic acids is 1. The van der Waals surface area contributed by atoms with Crippen molar-refractivity contribution in [2.45, 2.75) is 12.1 Å². The molecule has 0 spiro atoms. The lowest BCUT2D eigenvalue weighted by Gasteiger charge is -2.21. The first kappa shape index (κ1) is 12.6. The van der Waals surface area contributed by atoms with Crippen LogP contribution in [0.5, 0.6) is 0 Å². The molecular weight excluding hydrogens is 242 g/mol. The van der Waals surface area contributed by atoms with Crippen LogP contribution < -0.4 is 5.73 Å². The number of aliphatic imine (C=N–C) groups is 3. The van der Waals surface area contributed by atoms with E-state index in [0.29, 0.717) is 5.84 Å². The van der Waals surface area contributed by atoms with Gasteiger partial charge in [-0.15, -0.1) is 0 Å². The van der Waals surface area contributed by atoms with Gasteiger partial charge in [0.15, 0.2) is 11.9 Å². The van der Waals surface area contributed by atoms with Crippen molar-refractivity contribution in [1.29, 1.82) is 0 Å². The number of nitrogens with two attached hydrogens (primary N) is 1. The summed E-state index contributed by atoms with van der Waals surface area (Å²) in [6.45, 7) is -0.606. The molecule has 1 atom stereocenters. The van der Waals surface area contributed by atoms with E-state index in [4.69, 9.17) is 20.7 Å². The van der Waals surface area contributed by atoms with E-state index in [2.05, 4.69) is 15.0 Å². The quantitative estimate of drug-likeness (QED) is 0.488. The Kier molecular flexibility index (Phi) is 3.65. The van der Waals surface area contributed by atoms with E-state index in [1.807, 2.05) is 0 Å². The number of hydrogen-bond acceptors (Lipinski definition) is 8. The predicted octanol–water partition coefficient (Wildman–Crippen LogP) is -2.72. The fourth-order valence-electron chi connectivity index (χ4n) is 1.49. The van der Waals surface area contributed by atoms with Gasteiger partial charge in [-0.1, -0.05) is 0 Å². The van der Waals surface area contributed by atoms with Gasteiger partial charge in [0.05, 0.1) is 19.6 Å². The molecule has 9 heteroatoms. The second kappa shape index (κ2) is 5.21. The van der Waals surface area contributed by atoms with Gasteiger partial charge in [0.1, 0.15) is 12.8 Å². The molecule has 0 bridgehead atoms. The van der Waals surface area contributed by atoms with Crippen molar-refractivity contribution in [3.05, 3.63) is 0 Å². The van der Waals surface area contributed by atoms with Gasteiger partial charge >= 0.3 is 0 Å². The number of aliphatic hydroxyl groups is 2. The fraction of sp³-hybridized carbons (Fsp3) is 0.556. The molecule has 0 aliphatic carbocycles. The van der Waals surface area contributed by atoms with Crippen LogP contribution in [0, 0.1) is 0 Å².